The molecule has 3 atom stereocenters. The summed E-state index contributed by atoms with van der Waals surface area (Å²) < 4.78 is 0. The maximum absolute atomic E-state index is 12.2. The number of rotatable bonds is 4. The Kier molecular flexibility index (Phi) is 6.05. The number of amides is 2. The maximum atomic E-state index is 12.2. The van der Waals surface area contributed by atoms with Crippen LogP contribution >= 0.6 is 0 Å². The number of aliphatic carboxylic acids is 1. The van der Waals surface area contributed by atoms with E-state index < -0.39 is 11.9 Å². The van der Waals surface area contributed by atoms with Crippen molar-refractivity contribution < 1.29 is 14.7 Å². The molecule has 0 radical (unpaired) electrons. The van der Waals surface area contributed by atoms with Crippen molar-refractivity contribution in [3.8, 4) is 0 Å². The van der Waals surface area contributed by atoms with Gasteiger partial charge in [0.1, 0.15) is 0 Å². The second-order valence-corrected chi connectivity index (χ2v) is 7.66. The minimum atomic E-state index is -0.842. The van der Waals surface area contributed by atoms with Crippen LogP contribution in [0.25, 0.3) is 0 Å². The van der Waals surface area contributed by atoms with Gasteiger partial charge in [-0.15, -0.1) is 0 Å². The fraction of sp³-hybridized carbons (Fsp3) is 0.875. The van der Waals surface area contributed by atoms with E-state index >= 15 is 0 Å². The van der Waals surface area contributed by atoms with Crippen molar-refractivity contribution >= 4 is 12.0 Å². The van der Waals surface area contributed by atoms with Crippen molar-refractivity contribution in [1.29, 1.82) is 0 Å². The topological polar surface area (TPSA) is 69.6 Å². The van der Waals surface area contributed by atoms with E-state index in [9.17, 15) is 14.7 Å². The van der Waals surface area contributed by atoms with Gasteiger partial charge in [0.25, 0.3) is 0 Å². The van der Waals surface area contributed by atoms with Crippen LogP contribution in [0.2, 0.25) is 0 Å². The van der Waals surface area contributed by atoms with E-state index in [-0.39, 0.29) is 24.0 Å². The third-order valence-corrected chi connectivity index (χ3v) is 4.11. The van der Waals surface area contributed by atoms with E-state index in [2.05, 4.69) is 19.2 Å². The minimum absolute atomic E-state index is 0.0678. The molecule has 1 aliphatic rings. The Hall–Kier alpha value is -1.26. The molecule has 122 valence electrons. The van der Waals surface area contributed by atoms with Crippen molar-refractivity contribution in [3.05, 3.63) is 0 Å². The van der Waals surface area contributed by atoms with Gasteiger partial charge in [-0.25, -0.2) is 4.79 Å². The summed E-state index contributed by atoms with van der Waals surface area (Å²) >= 11 is 0. The Morgan fingerprint density at radius 3 is 2.43 bits per heavy atom. The highest BCUT2D eigenvalue weighted by Crippen LogP contribution is 2.25. The number of likely N-dealkylation sites (tertiary alicyclic amines) is 1. The van der Waals surface area contributed by atoms with Gasteiger partial charge in [0.05, 0.1) is 5.92 Å². The van der Waals surface area contributed by atoms with Crippen molar-refractivity contribution in [2.75, 3.05) is 13.1 Å². The molecule has 1 aliphatic heterocycles. The Labute approximate surface area is 128 Å². The number of urea groups is 1. The summed E-state index contributed by atoms with van der Waals surface area (Å²) in [6, 6.07) is 0.0919. The summed E-state index contributed by atoms with van der Waals surface area (Å²) in [6.45, 7) is 11.3. The predicted molar refractivity (Wildman–Crippen MR) is 83.2 cm³/mol. The zero-order valence-corrected chi connectivity index (χ0v) is 14.0. The number of piperidine rings is 1. The Morgan fingerprint density at radius 1 is 1.33 bits per heavy atom. The Morgan fingerprint density at radius 2 is 1.95 bits per heavy atom. The number of carbonyl (C=O) groups excluding carboxylic acids is 1. The van der Waals surface area contributed by atoms with Crippen molar-refractivity contribution in [3.63, 3.8) is 0 Å². The molecule has 5 heteroatoms. The molecule has 1 saturated heterocycles. The standard InChI is InChI=1S/C16H30N2O3/c1-11-6-7-18(12(2)8-11)15(21)17-10-13(14(19)20)9-16(3,4)5/h11-13H,6-10H2,1-5H3,(H,17,21)(H,19,20). The second-order valence-electron chi connectivity index (χ2n) is 7.66. The average Bonchev–Trinajstić information content (AvgIpc) is 2.32. The highest BCUT2D eigenvalue weighted by atomic mass is 16.4. The summed E-state index contributed by atoms with van der Waals surface area (Å²) in [5.74, 6) is -0.727. The van der Waals surface area contributed by atoms with E-state index in [0.29, 0.717) is 12.3 Å². The quantitative estimate of drug-likeness (QED) is 0.838. The number of nitrogens with zero attached hydrogens (tertiary/aromatic N) is 1. The fourth-order valence-corrected chi connectivity index (χ4v) is 3.01. The van der Waals surface area contributed by atoms with Crippen LogP contribution in [0.3, 0.4) is 0 Å². The van der Waals surface area contributed by atoms with E-state index in [1.807, 2.05) is 25.7 Å². The second kappa shape index (κ2) is 7.14. The molecule has 2 N–H and O–H groups in total. The summed E-state index contributed by atoms with van der Waals surface area (Å²) in [4.78, 5) is 25.4. The van der Waals surface area contributed by atoms with Crippen LogP contribution in [0.5, 0.6) is 0 Å². The molecule has 5 nitrogen and oxygen atoms in total. The van der Waals surface area contributed by atoms with Crippen LogP contribution in [-0.2, 0) is 4.79 Å². The lowest BCUT2D eigenvalue weighted by Crippen LogP contribution is -2.50. The van der Waals surface area contributed by atoms with E-state index in [1.165, 1.54) is 0 Å². The zero-order chi connectivity index (χ0) is 16.2. The van der Waals surface area contributed by atoms with Gasteiger partial charge in [0.2, 0.25) is 0 Å². The summed E-state index contributed by atoms with van der Waals surface area (Å²) in [5.41, 5.74) is -0.0678. The molecule has 1 fully saturated rings. The lowest BCUT2D eigenvalue weighted by Gasteiger charge is -2.36. The molecule has 0 saturated carbocycles. The first-order valence-corrected chi connectivity index (χ1v) is 7.87. The third kappa shape index (κ3) is 5.94. The molecule has 0 spiro atoms. The van der Waals surface area contributed by atoms with Gasteiger partial charge in [0, 0.05) is 19.1 Å². The number of carboxylic acids is 1. The first kappa shape index (κ1) is 17.8. The molecule has 0 aromatic rings. The van der Waals surface area contributed by atoms with Gasteiger partial charge in [-0.1, -0.05) is 27.7 Å². The highest BCUT2D eigenvalue weighted by Gasteiger charge is 2.29. The number of carbonyl (C=O) groups is 2. The fourth-order valence-electron chi connectivity index (χ4n) is 3.01. The van der Waals surface area contributed by atoms with Crippen molar-refractivity contribution in [1.82, 2.24) is 10.2 Å². The molecule has 0 aliphatic carbocycles. The van der Waals surface area contributed by atoms with Crippen LogP contribution in [0, 0.1) is 17.3 Å². The van der Waals surface area contributed by atoms with Gasteiger partial charge >= 0.3 is 12.0 Å². The molecule has 0 aromatic heterocycles. The largest absolute Gasteiger partial charge is 0.481 e. The van der Waals surface area contributed by atoms with Crippen molar-refractivity contribution in [2.45, 2.75) is 59.9 Å². The Bertz CT molecular complexity index is 376. The number of nitrogens with one attached hydrogen (secondary N) is 1. The maximum Gasteiger partial charge on any atom is 0.317 e. The van der Waals surface area contributed by atoms with Crippen LogP contribution in [0.15, 0.2) is 0 Å². The number of carboxylic acid groups (broad SMARTS) is 1. The van der Waals surface area contributed by atoms with Gasteiger partial charge in [-0.2, -0.15) is 0 Å². The third-order valence-electron chi connectivity index (χ3n) is 4.11. The van der Waals surface area contributed by atoms with Crippen LogP contribution in [-0.4, -0.2) is 41.1 Å². The molecule has 21 heavy (non-hydrogen) atoms. The van der Waals surface area contributed by atoms with Crippen LogP contribution < -0.4 is 5.32 Å². The SMILES string of the molecule is CC1CCN(C(=O)NCC(CC(C)(C)C)C(=O)O)C(C)C1. The van der Waals surface area contributed by atoms with Gasteiger partial charge in [-0.3, -0.25) is 4.79 Å². The molecule has 0 aromatic carbocycles. The first-order valence-electron chi connectivity index (χ1n) is 7.87. The summed E-state index contributed by atoms with van der Waals surface area (Å²) in [7, 11) is 0. The molecular weight excluding hydrogens is 268 g/mol. The lowest BCUT2D eigenvalue weighted by molar-refractivity contribution is -0.142. The number of hydrogen-bond donors (Lipinski definition) is 2. The summed E-state index contributed by atoms with van der Waals surface area (Å²) in [6.07, 6.45) is 2.58. The van der Waals surface area contributed by atoms with Crippen molar-refractivity contribution in [2.24, 2.45) is 17.3 Å². The molecule has 3 unspecified atom stereocenters. The van der Waals surface area contributed by atoms with Gasteiger partial charge in [-0.05, 0) is 37.5 Å². The highest BCUT2D eigenvalue weighted by molar-refractivity contribution is 5.76. The van der Waals surface area contributed by atoms with Crippen LogP contribution in [0.1, 0.15) is 53.9 Å². The van der Waals surface area contributed by atoms with Gasteiger partial charge in [0.15, 0.2) is 0 Å². The minimum Gasteiger partial charge on any atom is -0.481 e. The van der Waals surface area contributed by atoms with E-state index in [0.717, 1.165) is 19.4 Å². The van der Waals surface area contributed by atoms with E-state index in [1.54, 1.807) is 0 Å². The zero-order valence-electron chi connectivity index (χ0n) is 14.0. The lowest BCUT2D eigenvalue weighted by atomic mass is 9.84. The number of hydrogen-bond acceptors (Lipinski definition) is 2. The smallest absolute Gasteiger partial charge is 0.317 e. The van der Waals surface area contributed by atoms with E-state index in [4.69, 9.17) is 0 Å². The monoisotopic (exact) mass is 298 g/mol. The Balaban J connectivity index is 2.52. The van der Waals surface area contributed by atoms with Gasteiger partial charge < -0.3 is 15.3 Å². The molecule has 0 bridgehead atoms. The normalized spacial score (nSPS) is 24.5. The van der Waals surface area contributed by atoms with Crippen LogP contribution in [0.4, 0.5) is 4.79 Å². The first-order chi connectivity index (χ1) is 9.60. The molecule has 1 rings (SSSR count). The molecular formula is C16H30N2O3. The molecule has 2 amide bonds. The average molecular weight is 298 g/mol. The summed E-state index contributed by atoms with van der Waals surface area (Å²) in [5, 5.41) is 12.1. The molecule has 1 heterocycles. The predicted octanol–water partition coefficient (Wildman–Crippen LogP) is 2.95.